The summed E-state index contributed by atoms with van der Waals surface area (Å²) in [7, 11) is 0. The highest BCUT2D eigenvalue weighted by Gasteiger charge is 2.23. The highest BCUT2D eigenvalue weighted by atomic mass is 16.3. The zero-order valence-electron chi connectivity index (χ0n) is 17.5. The summed E-state index contributed by atoms with van der Waals surface area (Å²) in [5.74, 6) is 0. The summed E-state index contributed by atoms with van der Waals surface area (Å²) < 4.78 is 0. The number of unbranched alkanes of at least 4 members (excludes halogenated alkanes) is 2. The summed E-state index contributed by atoms with van der Waals surface area (Å²) >= 11 is 0. The first kappa shape index (κ1) is 20.4. The van der Waals surface area contributed by atoms with Crippen LogP contribution in [0.3, 0.4) is 0 Å². The summed E-state index contributed by atoms with van der Waals surface area (Å²) in [6.07, 6.45) is 9.41. The molecule has 2 heteroatoms. The summed E-state index contributed by atoms with van der Waals surface area (Å²) in [5, 5.41) is 13.8. The van der Waals surface area contributed by atoms with E-state index in [0.717, 1.165) is 18.7 Å². The molecule has 0 fully saturated rings. The van der Waals surface area contributed by atoms with Gasteiger partial charge < -0.3 is 5.11 Å². The average molecular weight is 368 g/mol. The van der Waals surface area contributed by atoms with Crippen LogP contribution in [0, 0.1) is 0 Å². The van der Waals surface area contributed by atoms with Gasteiger partial charge in [0.15, 0.2) is 0 Å². The van der Waals surface area contributed by atoms with Gasteiger partial charge in [-0.3, -0.25) is 4.90 Å². The average Bonchev–Trinajstić information content (AvgIpc) is 2.72. The Bertz CT molecular complexity index is 730. The van der Waals surface area contributed by atoms with Crippen molar-refractivity contribution in [2.24, 2.45) is 0 Å². The Labute approximate surface area is 165 Å². The molecule has 1 aliphatic rings. The Morgan fingerprint density at radius 2 is 1.67 bits per heavy atom. The van der Waals surface area contributed by atoms with Gasteiger partial charge in [0.25, 0.3) is 0 Å². The van der Waals surface area contributed by atoms with Crippen LogP contribution >= 0.6 is 0 Å². The first-order chi connectivity index (χ1) is 13.2. The molecular weight excluding hydrogens is 330 g/mol. The largest absolute Gasteiger partial charge is 0.387 e. The number of aryl methyl sites for hydroxylation is 2. The fraction of sp³-hybridized carbons (Fsp3) is 0.600. The molecular formula is C25H37NO. The van der Waals surface area contributed by atoms with Crippen LogP contribution in [0.1, 0.15) is 82.1 Å². The molecule has 0 amide bonds. The molecule has 0 aliphatic heterocycles. The molecule has 3 rings (SSSR count). The zero-order valence-corrected chi connectivity index (χ0v) is 17.5. The zero-order chi connectivity index (χ0) is 19.2. The monoisotopic (exact) mass is 367 g/mol. The van der Waals surface area contributed by atoms with E-state index in [1.165, 1.54) is 67.7 Å². The number of nitrogens with zero attached hydrogens (tertiary/aromatic N) is 1. The van der Waals surface area contributed by atoms with Crippen LogP contribution in [0.4, 0.5) is 0 Å². The van der Waals surface area contributed by atoms with Crippen molar-refractivity contribution in [3.8, 4) is 0 Å². The van der Waals surface area contributed by atoms with Gasteiger partial charge in [-0.1, -0.05) is 51.0 Å². The third-order valence-corrected chi connectivity index (χ3v) is 6.35. The van der Waals surface area contributed by atoms with Gasteiger partial charge >= 0.3 is 0 Å². The van der Waals surface area contributed by atoms with Crippen LogP contribution in [-0.2, 0) is 12.8 Å². The second kappa shape index (κ2) is 9.71. The van der Waals surface area contributed by atoms with Crippen molar-refractivity contribution in [3.63, 3.8) is 0 Å². The maximum Gasteiger partial charge on any atom is 0.0942 e. The predicted molar refractivity (Wildman–Crippen MR) is 116 cm³/mol. The Kier molecular flexibility index (Phi) is 7.32. The Hall–Kier alpha value is -1.38. The Morgan fingerprint density at radius 1 is 0.963 bits per heavy atom. The number of hydrogen-bond donors (Lipinski definition) is 1. The van der Waals surface area contributed by atoms with Crippen molar-refractivity contribution in [1.82, 2.24) is 4.90 Å². The molecule has 1 aliphatic carbocycles. The highest BCUT2D eigenvalue weighted by molar-refractivity contribution is 5.87. The minimum atomic E-state index is -0.431. The lowest BCUT2D eigenvalue weighted by atomic mass is 9.87. The molecule has 0 radical (unpaired) electrons. The van der Waals surface area contributed by atoms with Crippen LogP contribution in [0.15, 0.2) is 30.3 Å². The molecule has 2 aromatic rings. The number of fused-ring (bicyclic) bond motifs is 3. The lowest BCUT2D eigenvalue weighted by Crippen LogP contribution is -2.39. The quantitative estimate of drug-likeness (QED) is 0.584. The summed E-state index contributed by atoms with van der Waals surface area (Å²) in [5.41, 5.74) is 4.13. The van der Waals surface area contributed by atoms with Crippen molar-refractivity contribution < 1.29 is 5.11 Å². The van der Waals surface area contributed by atoms with Gasteiger partial charge in [-0.05, 0) is 92.1 Å². The van der Waals surface area contributed by atoms with E-state index >= 15 is 0 Å². The van der Waals surface area contributed by atoms with Crippen LogP contribution in [-0.4, -0.2) is 29.1 Å². The topological polar surface area (TPSA) is 23.5 Å². The lowest BCUT2D eigenvalue weighted by molar-refractivity contribution is 0.0561. The Morgan fingerprint density at radius 3 is 2.37 bits per heavy atom. The van der Waals surface area contributed by atoms with E-state index in [2.05, 4.69) is 56.0 Å². The van der Waals surface area contributed by atoms with Gasteiger partial charge in [0.2, 0.25) is 0 Å². The van der Waals surface area contributed by atoms with Crippen molar-refractivity contribution in [1.29, 1.82) is 0 Å². The molecule has 148 valence electrons. The SMILES string of the molecule is CCCCN(CCCC)C(C)C(O)c1ccc2c3c(ccc2c1)CCCC3. The molecule has 2 nitrogen and oxygen atoms in total. The molecule has 0 heterocycles. The van der Waals surface area contributed by atoms with Crippen molar-refractivity contribution in [2.45, 2.75) is 84.3 Å². The summed E-state index contributed by atoms with van der Waals surface area (Å²) in [6, 6.07) is 11.4. The Balaban J connectivity index is 1.82. The van der Waals surface area contributed by atoms with Crippen molar-refractivity contribution in [3.05, 3.63) is 47.0 Å². The third kappa shape index (κ3) is 4.73. The number of hydrogen-bond acceptors (Lipinski definition) is 2. The van der Waals surface area contributed by atoms with Gasteiger partial charge in [-0.15, -0.1) is 0 Å². The smallest absolute Gasteiger partial charge is 0.0942 e. The summed E-state index contributed by atoms with van der Waals surface area (Å²) in [6.45, 7) is 8.82. The highest BCUT2D eigenvalue weighted by Crippen LogP contribution is 2.32. The van der Waals surface area contributed by atoms with E-state index in [9.17, 15) is 5.11 Å². The van der Waals surface area contributed by atoms with Gasteiger partial charge in [0, 0.05) is 6.04 Å². The molecule has 0 bridgehead atoms. The van der Waals surface area contributed by atoms with E-state index in [1.807, 2.05) is 0 Å². The summed E-state index contributed by atoms with van der Waals surface area (Å²) in [4.78, 5) is 2.48. The van der Waals surface area contributed by atoms with E-state index in [4.69, 9.17) is 0 Å². The molecule has 1 N–H and O–H groups in total. The van der Waals surface area contributed by atoms with Gasteiger partial charge in [-0.25, -0.2) is 0 Å². The molecule has 2 aromatic carbocycles. The first-order valence-corrected chi connectivity index (χ1v) is 11.1. The van der Waals surface area contributed by atoms with Gasteiger partial charge in [0.1, 0.15) is 0 Å². The predicted octanol–water partition coefficient (Wildman–Crippen LogP) is 6.04. The second-order valence-electron chi connectivity index (χ2n) is 8.32. The van der Waals surface area contributed by atoms with Crippen LogP contribution < -0.4 is 0 Å². The second-order valence-corrected chi connectivity index (χ2v) is 8.32. The molecule has 0 aromatic heterocycles. The van der Waals surface area contributed by atoms with Crippen molar-refractivity contribution in [2.75, 3.05) is 13.1 Å². The molecule has 0 saturated carbocycles. The normalized spacial score (nSPS) is 16.5. The first-order valence-electron chi connectivity index (χ1n) is 11.1. The molecule has 27 heavy (non-hydrogen) atoms. The fourth-order valence-electron chi connectivity index (χ4n) is 4.51. The van der Waals surface area contributed by atoms with E-state index < -0.39 is 6.10 Å². The number of aliphatic hydroxyl groups is 1. The number of benzene rings is 2. The van der Waals surface area contributed by atoms with E-state index in [0.29, 0.717) is 0 Å². The minimum Gasteiger partial charge on any atom is -0.387 e. The fourth-order valence-corrected chi connectivity index (χ4v) is 4.51. The van der Waals surface area contributed by atoms with Gasteiger partial charge in [0.05, 0.1) is 6.10 Å². The maximum atomic E-state index is 11.1. The molecule has 2 unspecified atom stereocenters. The molecule has 0 saturated heterocycles. The lowest BCUT2D eigenvalue weighted by Gasteiger charge is -2.32. The standard InChI is InChI=1S/C25H37NO/c1-4-6-16-26(17-7-5-2)19(3)25(27)22-14-15-24-21(18-22)13-12-20-10-8-9-11-23(20)24/h12-15,18-19,25,27H,4-11,16-17H2,1-3H3. The van der Waals surface area contributed by atoms with Crippen LogP contribution in [0.5, 0.6) is 0 Å². The minimum absolute atomic E-state index is 0.151. The number of aliphatic hydroxyl groups excluding tert-OH is 1. The van der Waals surface area contributed by atoms with Crippen LogP contribution in [0.25, 0.3) is 10.8 Å². The third-order valence-electron chi connectivity index (χ3n) is 6.35. The van der Waals surface area contributed by atoms with Gasteiger partial charge in [-0.2, -0.15) is 0 Å². The molecule has 2 atom stereocenters. The maximum absolute atomic E-state index is 11.1. The molecule has 0 spiro atoms. The number of rotatable bonds is 9. The van der Waals surface area contributed by atoms with Crippen molar-refractivity contribution >= 4 is 10.8 Å². The van der Waals surface area contributed by atoms with E-state index in [1.54, 1.807) is 5.56 Å². The van der Waals surface area contributed by atoms with Crippen LogP contribution in [0.2, 0.25) is 0 Å². The van der Waals surface area contributed by atoms with E-state index in [-0.39, 0.29) is 6.04 Å².